The number of carbonyl (C=O) groups is 1. The second-order valence-corrected chi connectivity index (χ2v) is 6.72. The average molecular weight is 359 g/mol. The van der Waals surface area contributed by atoms with Gasteiger partial charge in [0.15, 0.2) is 0 Å². The van der Waals surface area contributed by atoms with Crippen LogP contribution in [0.25, 0.3) is 0 Å². The largest absolute Gasteiger partial charge is 0.373 e. The van der Waals surface area contributed by atoms with Gasteiger partial charge in [-0.2, -0.15) is 0 Å². The lowest BCUT2D eigenvalue weighted by Gasteiger charge is -2.32. The van der Waals surface area contributed by atoms with Gasteiger partial charge in [-0.1, -0.05) is 41.9 Å². The van der Waals surface area contributed by atoms with Gasteiger partial charge in [0.25, 0.3) is 5.91 Å². The first-order valence-corrected chi connectivity index (χ1v) is 8.94. The van der Waals surface area contributed by atoms with Crippen LogP contribution in [0.15, 0.2) is 42.6 Å². The predicted octanol–water partition coefficient (Wildman–Crippen LogP) is 3.17. The molecule has 0 radical (unpaired) electrons. The van der Waals surface area contributed by atoms with Crippen molar-refractivity contribution in [1.29, 1.82) is 0 Å². The molecule has 1 aromatic heterocycles. The number of nitrogens with one attached hydrogen (secondary N) is 2. The van der Waals surface area contributed by atoms with Gasteiger partial charge in [0.2, 0.25) is 0 Å². The van der Waals surface area contributed by atoms with E-state index in [9.17, 15) is 4.79 Å². The Labute approximate surface area is 153 Å². The maximum Gasteiger partial charge on any atom is 0.253 e. The van der Waals surface area contributed by atoms with Crippen LogP contribution in [0, 0.1) is 0 Å². The Morgan fingerprint density at radius 2 is 2.00 bits per heavy atom. The van der Waals surface area contributed by atoms with Crippen molar-refractivity contribution >= 4 is 23.3 Å². The van der Waals surface area contributed by atoms with Crippen LogP contribution in [-0.4, -0.2) is 42.0 Å². The maximum atomic E-state index is 12.5. The summed E-state index contributed by atoms with van der Waals surface area (Å²) >= 11 is 6.12. The second kappa shape index (κ2) is 8.32. The van der Waals surface area contributed by atoms with E-state index < -0.39 is 0 Å². The Morgan fingerprint density at radius 1 is 1.28 bits per heavy atom. The lowest BCUT2D eigenvalue weighted by atomic mass is 10.0. The molecule has 132 valence electrons. The molecule has 1 aliphatic heterocycles. The van der Waals surface area contributed by atoms with E-state index in [0.29, 0.717) is 16.4 Å². The Bertz CT molecular complexity index is 715. The van der Waals surface area contributed by atoms with E-state index in [4.69, 9.17) is 11.6 Å². The van der Waals surface area contributed by atoms with E-state index in [0.717, 1.165) is 32.5 Å². The number of piperidine rings is 1. The van der Waals surface area contributed by atoms with Gasteiger partial charge in [0.05, 0.1) is 10.6 Å². The molecule has 0 aliphatic carbocycles. The molecule has 0 saturated carbocycles. The van der Waals surface area contributed by atoms with Crippen LogP contribution in [-0.2, 0) is 6.54 Å². The van der Waals surface area contributed by atoms with Crippen molar-refractivity contribution in [2.75, 3.05) is 25.5 Å². The van der Waals surface area contributed by atoms with Crippen LogP contribution in [0.2, 0.25) is 5.02 Å². The molecule has 2 heterocycles. The third kappa shape index (κ3) is 4.71. The number of halogens is 1. The van der Waals surface area contributed by atoms with Crippen molar-refractivity contribution in [2.24, 2.45) is 0 Å². The minimum Gasteiger partial charge on any atom is -0.373 e. The predicted molar refractivity (Wildman–Crippen MR) is 101 cm³/mol. The van der Waals surface area contributed by atoms with Gasteiger partial charge in [-0.25, -0.2) is 4.98 Å². The summed E-state index contributed by atoms with van der Waals surface area (Å²) in [6.07, 6.45) is 3.39. The third-order valence-electron chi connectivity index (χ3n) is 4.53. The summed E-state index contributed by atoms with van der Waals surface area (Å²) in [5.74, 6) is 0.498. The Morgan fingerprint density at radius 3 is 2.68 bits per heavy atom. The summed E-state index contributed by atoms with van der Waals surface area (Å²) in [5, 5.41) is 6.40. The van der Waals surface area contributed by atoms with Crippen LogP contribution in [0.5, 0.6) is 0 Å². The van der Waals surface area contributed by atoms with E-state index >= 15 is 0 Å². The summed E-state index contributed by atoms with van der Waals surface area (Å²) in [7, 11) is 1.76. The van der Waals surface area contributed by atoms with Gasteiger partial charge in [-0.3, -0.25) is 9.69 Å². The highest BCUT2D eigenvalue weighted by atomic mass is 35.5. The maximum absolute atomic E-state index is 12.5. The molecular formula is C19H23ClN4O. The quantitative estimate of drug-likeness (QED) is 0.862. The molecular weight excluding hydrogens is 336 g/mol. The number of likely N-dealkylation sites (tertiary alicyclic amines) is 1. The summed E-state index contributed by atoms with van der Waals surface area (Å²) in [4.78, 5) is 19.0. The number of anilines is 1. The molecule has 0 spiro atoms. The average Bonchev–Trinajstić information content (AvgIpc) is 2.64. The molecule has 0 bridgehead atoms. The molecule has 0 atom stereocenters. The van der Waals surface area contributed by atoms with Crippen molar-refractivity contribution in [2.45, 2.75) is 25.4 Å². The molecule has 2 aromatic rings. The van der Waals surface area contributed by atoms with Crippen molar-refractivity contribution in [1.82, 2.24) is 15.2 Å². The second-order valence-electron chi connectivity index (χ2n) is 6.31. The molecule has 1 aromatic carbocycles. The highest BCUT2D eigenvalue weighted by molar-refractivity contribution is 6.33. The monoisotopic (exact) mass is 358 g/mol. The Kier molecular flexibility index (Phi) is 5.89. The molecule has 6 heteroatoms. The third-order valence-corrected chi connectivity index (χ3v) is 4.83. The minimum absolute atomic E-state index is 0.134. The highest BCUT2D eigenvalue weighted by Crippen LogP contribution is 2.19. The highest BCUT2D eigenvalue weighted by Gasteiger charge is 2.22. The first-order chi connectivity index (χ1) is 12.2. The zero-order chi connectivity index (χ0) is 17.6. The normalized spacial score (nSPS) is 15.8. The van der Waals surface area contributed by atoms with Gasteiger partial charge < -0.3 is 10.6 Å². The fourth-order valence-corrected chi connectivity index (χ4v) is 3.28. The summed E-state index contributed by atoms with van der Waals surface area (Å²) in [5.41, 5.74) is 1.79. The van der Waals surface area contributed by atoms with Gasteiger partial charge in [0.1, 0.15) is 5.82 Å². The topological polar surface area (TPSA) is 57.3 Å². The zero-order valence-corrected chi connectivity index (χ0v) is 15.1. The van der Waals surface area contributed by atoms with Gasteiger partial charge in [-0.15, -0.1) is 0 Å². The molecule has 1 aliphatic rings. The van der Waals surface area contributed by atoms with Gasteiger partial charge in [-0.05, 0) is 24.5 Å². The number of benzene rings is 1. The molecule has 1 saturated heterocycles. The molecule has 1 fully saturated rings. The van der Waals surface area contributed by atoms with Crippen molar-refractivity contribution in [3.8, 4) is 0 Å². The summed E-state index contributed by atoms with van der Waals surface area (Å²) in [6, 6.07) is 12.3. The first-order valence-electron chi connectivity index (χ1n) is 8.56. The van der Waals surface area contributed by atoms with E-state index in [1.807, 2.05) is 6.07 Å². The van der Waals surface area contributed by atoms with Crippen LogP contribution in [0.3, 0.4) is 0 Å². The van der Waals surface area contributed by atoms with E-state index in [2.05, 4.69) is 44.8 Å². The van der Waals surface area contributed by atoms with Gasteiger partial charge in [0, 0.05) is 38.9 Å². The number of aromatic nitrogens is 1. The number of pyridine rings is 1. The SMILES string of the molecule is CNc1cc(C(=O)NC2CCN(Cc3ccccc3)CC2)c(Cl)cn1. The first kappa shape index (κ1) is 17.7. The van der Waals surface area contributed by atoms with Crippen molar-refractivity contribution < 1.29 is 4.79 Å². The Hall–Kier alpha value is -2.11. The van der Waals surface area contributed by atoms with Crippen molar-refractivity contribution in [3.05, 3.63) is 58.7 Å². The van der Waals surface area contributed by atoms with Gasteiger partial charge >= 0.3 is 0 Å². The van der Waals surface area contributed by atoms with Crippen LogP contribution in [0.1, 0.15) is 28.8 Å². The summed E-state index contributed by atoms with van der Waals surface area (Å²) < 4.78 is 0. The fraction of sp³-hybridized carbons (Fsp3) is 0.368. The smallest absolute Gasteiger partial charge is 0.253 e. The molecule has 0 unspecified atom stereocenters. The van der Waals surface area contributed by atoms with Crippen molar-refractivity contribution in [3.63, 3.8) is 0 Å². The number of rotatable bonds is 5. The lowest BCUT2D eigenvalue weighted by Crippen LogP contribution is -2.44. The number of nitrogens with zero attached hydrogens (tertiary/aromatic N) is 2. The number of amides is 1. The number of hydrogen-bond acceptors (Lipinski definition) is 4. The van der Waals surface area contributed by atoms with E-state index in [1.54, 1.807) is 13.1 Å². The molecule has 5 nitrogen and oxygen atoms in total. The van der Waals surface area contributed by atoms with Crippen LogP contribution >= 0.6 is 11.6 Å². The number of carbonyl (C=O) groups excluding carboxylic acids is 1. The minimum atomic E-state index is -0.134. The standard InChI is InChI=1S/C19H23ClN4O/c1-21-18-11-16(17(20)12-22-18)19(25)23-15-7-9-24(10-8-15)13-14-5-3-2-4-6-14/h2-6,11-12,15H,7-10,13H2,1H3,(H,21,22)(H,23,25). The molecule has 25 heavy (non-hydrogen) atoms. The Balaban J connectivity index is 1.53. The van der Waals surface area contributed by atoms with Crippen LogP contribution < -0.4 is 10.6 Å². The lowest BCUT2D eigenvalue weighted by molar-refractivity contribution is 0.0909. The molecule has 2 N–H and O–H groups in total. The molecule has 1 amide bonds. The van der Waals surface area contributed by atoms with Crippen LogP contribution in [0.4, 0.5) is 5.82 Å². The molecule has 3 rings (SSSR count). The van der Waals surface area contributed by atoms with E-state index in [-0.39, 0.29) is 11.9 Å². The zero-order valence-electron chi connectivity index (χ0n) is 14.3. The fourth-order valence-electron chi connectivity index (χ4n) is 3.09. The van der Waals surface area contributed by atoms with E-state index in [1.165, 1.54) is 11.8 Å². The number of hydrogen-bond donors (Lipinski definition) is 2. The summed E-state index contributed by atoms with van der Waals surface area (Å²) in [6.45, 7) is 2.92.